The van der Waals surface area contributed by atoms with Gasteiger partial charge in [-0.05, 0) is 19.3 Å². The summed E-state index contributed by atoms with van der Waals surface area (Å²) in [6.07, 6.45) is 2.72. The minimum atomic E-state index is 0. The molecule has 0 amide bonds. The number of hydrogen-bond donors (Lipinski definition) is 0. The average molecular weight is 411 g/mol. The van der Waals surface area contributed by atoms with Gasteiger partial charge in [0.15, 0.2) is 0 Å². The molecule has 0 bridgehead atoms. The Hall–Kier alpha value is -0.658. The molecule has 1 aromatic heterocycles. The first kappa shape index (κ1) is 11.4. The summed E-state index contributed by atoms with van der Waals surface area (Å²) in [6.45, 7) is 2.02. The van der Waals surface area contributed by atoms with Crippen molar-refractivity contribution < 1.29 is 31.1 Å². The van der Waals surface area contributed by atoms with E-state index < -0.39 is 0 Å². The van der Waals surface area contributed by atoms with E-state index in [2.05, 4.69) is 21.6 Å². The molecule has 0 atom stereocenters. The summed E-state index contributed by atoms with van der Waals surface area (Å²) in [5.41, 5.74) is 2.97. The van der Waals surface area contributed by atoms with Gasteiger partial charge in [-0.15, -0.1) is 6.07 Å². The van der Waals surface area contributed by atoms with Crippen LogP contribution in [0.25, 0.3) is 11.0 Å². The Kier molecular flexibility index (Phi) is 3.85. The topological polar surface area (TPSA) is 43.1 Å². The van der Waals surface area contributed by atoms with E-state index in [9.17, 15) is 0 Å². The molecule has 0 saturated heterocycles. The Morgan fingerprint density at radius 1 is 1.43 bits per heavy atom. The maximum absolute atomic E-state index is 3.99. The number of fused-ring (bicyclic) bond motifs is 1. The second-order valence-corrected chi connectivity index (χ2v) is 2.82. The van der Waals surface area contributed by atoms with Crippen molar-refractivity contribution in [3.05, 3.63) is 23.8 Å². The summed E-state index contributed by atoms with van der Waals surface area (Å²) in [4.78, 5) is 3.76. The summed E-state index contributed by atoms with van der Waals surface area (Å²) in [5, 5.41) is 7.88. The van der Waals surface area contributed by atoms with E-state index in [0.29, 0.717) is 0 Å². The van der Waals surface area contributed by atoms with E-state index in [0.717, 1.165) is 11.0 Å². The summed E-state index contributed by atoms with van der Waals surface area (Å²) in [6, 6.07) is 5.96. The molecule has 14 heavy (non-hydrogen) atoms. The van der Waals surface area contributed by atoms with Gasteiger partial charge in [0.25, 0.3) is 0 Å². The molecule has 2 aromatic rings. The number of aromatic nitrogens is 3. The molecule has 5 heteroatoms. The van der Waals surface area contributed by atoms with Gasteiger partial charge < -0.3 is 9.67 Å². The number of aryl methyl sites for hydroxylation is 1. The number of hydrogen-bond acceptors (Lipinski definition) is 3. The van der Waals surface area contributed by atoms with E-state index in [1.54, 1.807) is 7.05 Å². The van der Waals surface area contributed by atoms with Crippen molar-refractivity contribution in [3.63, 3.8) is 0 Å². The molecule has 1 aromatic carbocycles. The van der Waals surface area contributed by atoms with Gasteiger partial charge in [0.1, 0.15) is 0 Å². The molecule has 0 saturated carbocycles. The van der Waals surface area contributed by atoms with Crippen molar-refractivity contribution >= 4 is 17.4 Å². The van der Waals surface area contributed by atoms with Crippen LogP contribution < -0.4 is 0 Å². The van der Waals surface area contributed by atoms with Gasteiger partial charge in [-0.1, -0.05) is 22.4 Å². The zero-order valence-electron chi connectivity index (χ0n) is 8.02. The fourth-order valence-corrected chi connectivity index (χ4v) is 1.20. The van der Waals surface area contributed by atoms with Crippen LogP contribution in [0.4, 0.5) is 0 Å². The third-order valence-corrected chi connectivity index (χ3v) is 1.80. The van der Waals surface area contributed by atoms with Gasteiger partial charge in [0.2, 0.25) is 0 Å². The predicted octanol–water partition coefficient (Wildman–Crippen LogP) is 1.12. The Balaban J connectivity index is 0.000000980. The van der Waals surface area contributed by atoms with Gasteiger partial charge in [0.05, 0.1) is 0 Å². The first-order valence-corrected chi connectivity index (χ1v) is 3.98. The fraction of sp³-hybridized carbons (Fsp3) is 0.222. The van der Waals surface area contributed by atoms with Crippen LogP contribution in [0.5, 0.6) is 0 Å². The van der Waals surface area contributed by atoms with Crippen LogP contribution in [0.2, 0.25) is 0 Å². The van der Waals surface area contributed by atoms with Crippen molar-refractivity contribution in [1.29, 1.82) is 0 Å². The Bertz CT molecular complexity index is 461. The van der Waals surface area contributed by atoms with Gasteiger partial charge in [0, 0.05) is 43.7 Å². The van der Waals surface area contributed by atoms with E-state index in [1.807, 2.05) is 25.1 Å². The zero-order valence-corrected chi connectivity index (χ0v) is 12.2. The standard InChI is InChI=1S/C9H9N4.U/c1-7-3-4-9-8(5-7)11-12-13(9)6-10-2;/h3-5H,1-2H3;/q-1;. The van der Waals surface area contributed by atoms with Crippen molar-refractivity contribution in [1.82, 2.24) is 15.0 Å². The Labute approximate surface area is 106 Å². The van der Waals surface area contributed by atoms with E-state index >= 15 is 0 Å². The predicted molar refractivity (Wildman–Crippen MR) is 51.0 cm³/mol. The average Bonchev–Trinajstić information content (AvgIpc) is 2.49. The molecule has 0 aliphatic rings. The van der Waals surface area contributed by atoms with Crippen molar-refractivity contribution in [2.75, 3.05) is 7.05 Å². The largest absolute Gasteiger partial charge is 0.379 e. The summed E-state index contributed by atoms with van der Waals surface area (Å²) in [7, 11) is 1.65. The third kappa shape index (κ3) is 2.05. The quantitative estimate of drug-likeness (QED) is 0.401. The van der Waals surface area contributed by atoms with Crippen LogP contribution >= 0.6 is 0 Å². The van der Waals surface area contributed by atoms with Gasteiger partial charge in [-0.2, -0.15) is 5.10 Å². The molecule has 0 spiro atoms. The minimum Gasteiger partial charge on any atom is -0.379 e. The normalized spacial score (nSPS) is 10.7. The van der Waals surface area contributed by atoms with E-state index in [-0.39, 0.29) is 31.1 Å². The maximum atomic E-state index is 3.99. The minimum absolute atomic E-state index is 0. The molecule has 70 valence electrons. The maximum Gasteiger partial charge on any atom is 0.0316 e. The van der Waals surface area contributed by atoms with Gasteiger partial charge in [-0.25, -0.2) is 0 Å². The number of rotatable bonds is 1. The van der Waals surface area contributed by atoms with Gasteiger partial charge >= 0.3 is 0 Å². The molecule has 4 nitrogen and oxygen atoms in total. The Morgan fingerprint density at radius 2 is 2.21 bits per heavy atom. The first-order valence-electron chi connectivity index (χ1n) is 3.98. The van der Waals surface area contributed by atoms with Gasteiger partial charge in [-0.3, -0.25) is 0 Å². The van der Waals surface area contributed by atoms with Crippen LogP contribution in [0, 0.1) is 38.0 Å². The van der Waals surface area contributed by atoms with Crippen molar-refractivity contribution in [3.8, 4) is 0 Å². The van der Waals surface area contributed by atoms with Crippen LogP contribution in [-0.2, 0) is 0 Å². The molecule has 0 aliphatic carbocycles. The molecule has 0 unspecified atom stereocenters. The molecule has 0 N–H and O–H groups in total. The summed E-state index contributed by atoms with van der Waals surface area (Å²) in [5.74, 6) is 0. The van der Waals surface area contributed by atoms with Crippen LogP contribution in [0.1, 0.15) is 5.56 Å². The smallest absolute Gasteiger partial charge is 0.0316 e. The second kappa shape index (κ2) is 4.72. The second-order valence-electron chi connectivity index (χ2n) is 2.82. The molecule has 1 heterocycles. The van der Waals surface area contributed by atoms with E-state index in [4.69, 9.17) is 0 Å². The number of aliphatic imine (C=N–C) groups is 1. The Morgan fingerprint density at radius 3 is 2.93 bits per heavy atom. The van der Waals surface area contributed by atoms with Crippen LogP contribution in [-0.4, -0.2) is 28.4 Å². The number of nitrogens with zero attached hydrogens (tertiary/aromatic N) is 4. The summed E-state index contributed by atoms with van der Waals surface area (Å²) >= 11 is 0. The molecule has 0 fully saturated rings. The van der Waals surface area contributed by atoms with E-state index in [1.165, 1.54) is 10.2 Å². The first-order chi connectivity index (χ1) is 6.31. The van der Waals surface area contributed by atoms with Crippen molar-refractivity contribution in [2.24, 2.45) is 4.99 Å². The molecular weight excluding hydrogens is 402 g/mol. The fourth-order valence-electron chi connectivity index (χ4n) is 1.20. The molecule has 0 aliphatic heterocycles. The third-order valence-electron chi connectivity index (χ3n) is 1.80. The zero-order chi connectivity index (χ0) is 9.26. The molecular formula is C9H9N4U-. The SMILES string of the molecule is CN=[C-]n1nnc2cc(C)ccc21.[U]. The van der Waals surface area contributed by atoms with Crippen LogP contribution in [0.15, 0.2) is 23.2 Å². The van der Waals surface area contributed by atoms with Crippen molar-refractivity contribution in [2.45, 2.75) is 6.92 Å². The monoisotopic (exact) mass is 411 g/mol. The van der Waals surface area contributed by atoms with Crippen LogP contribution in [0.3, 0.4) is 0 Å². The molecule has 2 rings (SSSR count). The molecule has 0 radical (unpaired) electrons. The number of benzene rings is 1. The summed E-state index contributed by atoms with van der Waals surface area (Å²) < 4.78 is 1.54.